The summed E-state index contributed by atoms with van der Waals surface area (Å²) in [5.74, 6) is 0. The predicted molar refractivity (Wildman–Crippen MR) is 131 cm³/mol. The molecule has 4 aromatic rings. The zero-order valence-electron chi connectivity index (χ0n) is 16.4. The first-order valence-electron chi connectivity index (χ1n) is 9.96. The van der Waals surface area contributed by atoms with Crippen LogP contribution in [-0.2, 0) is 0 Å². The van der Waals surface area contributed by atoms with Gasteiger partial charge in [0.25, 0.3) is 0 Å². The van der Waals surface area contributed by atoms with Gasteiger partial charge in [-0.1, -0.05) is 0 Å². The molecule has 4 aromatic carbocycles. The topological polar surface area (TPSA) is 0 Å². The zero-order valence-corrected chi connectivity index (χ0v) is 19.8. The molecule has 0 atom stereocenters. The van der Waals surface area contributed by atoms with Crippen LogP contribution >= 0.6 is 0 Å². The standard InChI is InChI=1S/C28H20Se2/c1-5-13-21(14-6-1)25-26(22-15-7-2-8-16-22)30-28(24-19-11-4-12-20-24)27(29-25)23-17-9-3-10-18-23/h1-20H. The molecule has 0 unspecified atom stereocenters. The molecule has 0 saturated carbocycles. The van der Waals surface area contributed by atoms with Gasteiger partial charge in [-0.2, -0.15) is 0 Å². The summed E-state index contributed by atoms with van der Waals surface area (Å²) in [6, 6.07) is 43.9. The van der Waals surface area contributed by atoms with Crippen molar-refractivity contribution < 1.29 is 0 Å². The maximum absolute atomic E-state index is 2.27. The maximum atomic E-state index is 2.27. The van der Waals surface area contributed by atoms with Crippen LogP contribution in [0.2, 0.25) is 0 Å². The zero-order chi connectivity index (χ0) is 20.2. The Balaban J connectivity index is 1.72. The van der Waals surface area contributed by atoms with Crippen molar-refractivity contribution in [3.05, 3.63) is 144 Å². The molecule has 0 N–H and O–H groups in total. The van der Waals surface area contributed by atoms with E-state index in [9.17, 15) is 0 Å². The van der Waals surface area contributed by atoms with Crippen molar-refractivity contribution in [1.82, 2.24) is 0 Å². The van der Waals surface area contributed by atoms with Crippen molar-refractivity contribution in [2.45, 2.75) is 0 Å². The van der Waals surface area contributed by atoms with Crippen molar-refractivity contribution in [3.63, 3.8) is 0 Å². The first kappa shape index (κ1) is 19.4. The van der Waals surface area contributed by atoms with Crippen molar-refractivity contribution in [1.29, 1.82) is 0 Å². The van der Waals surface area contributed by atoms with Crippen LogP contribution in [0.3, 0.4) is 0 Å². The molecule has 0 aliphatic carbocycles. The van der Waals surface area contributed by atoms with Gasteiger partial charge in [-0.25, -0.2) is 0 Å². The number of benzene rings is 4. The minimum absolute atomic E-state index is 0.221. The molecule has 0 saturated heterocycles. The molecule has 0 bridgehead atoms. The van der Waals surface area contributed by atoms with Gasteiger partial charge in [0, 0.05) is 0 Å². The Morgan fingerprint density at radius 1 is 0.267 bits per heavy atom. The van der Waals surface area contributed by atoms with Crippen LogP contribution in [0, 0.1) is 0 Å². The molecule has 1 aliphatic heterocycles. The normalized spacial score (nSPS) is 14.1. The Morgan fingerprint density at radius 2 is 0.467 bits per heavy atom. The SMILES string of the molecule is c1ccc(C2=C(c3ccccc3)[Se]C(c3ccccc3)=C(c3ccccc3)[Se]2)cc1. The fourth-order valence-electron chi connectivity index (χ4n) is 3.51. The van der Waals surface area contributed by atoms with Crippen LogP contribution in [-0.4, -0.2) is 29.9 Å². The Hall–Kier alpha value is -2.60. The van der Waals surface area contributed by atoms with E-state index in [4.69, 9.17) is 0 Å². The van der Waals surface area contributed by atoms with Gasteiger partial charge in [-0.3, -0.25) is 0 Å². The molecule has 0 spiro atoms. The number of rotatable bonds is 4. The fraction of sp³-hybridized carbons (Fsp3) is 0. The summed E-state index contributed by atoms with van der Waals surface area (Å²) >= 11 is 0.443. The summed E-state index contributed by atoms with van der Waals surface area (Å²) < 4.78 is 6.08. The van der Waals surface area contributed by atoms with Gasteiger partial charge in [-0.05, 0) is 0 Å². The summed E-state index contributed by atoms with van der Waals surface area (Å²) in [7, 11) is 0. The van der Waals surface area contributed by atoms with Gasteiger partial charge in [-0.15, -0.1) is 0 Å². The number of hydrogen-bond acceptors (Lipinski definition) is 0. The van der Waals surface area contributed by atoms with E-state index >= 15 is 0 Å². The van der Waals surface area contributed by atoms with Crippen LogP contribution in [0.4, 0.5) is 0 Å². The third-order valence-corrected chi connectivity index (χ3v) is 11.7. The molecule has 0 aromatic heterocycles. The molecular weight excluding hydrogens is 494 g/mol. The molecule has 5 rings (SSSR count). The van der Waals surface area contributed by atoms with Gasteiger partial charge >= 0.3 is 191 Å². The van der Waals surface area contributed by atoms with E-state index < -0.39 is 0 Å². The molecule has 0 radical (unpaired) electrons. The first-order valence-corrected chi connectivity index (χ1v) is 13.4. The Kier molecular flexibility index (Phi) is 5.84. The minimum atomic E-state index is 0.221. The van der Waals surface area contributed by atoms with Crippen molar-refractivity contribution >= 4 is 47.8 Å². The summed E-state index contributed by atoms with van der Waals surface area (Å²) in [6.45, 7) is 0. The molecule has 1 heterocycles. The van der Waals surface area contributed by atoms with Gasteiger partial charge in [0.2, 0.25) is 0 Å². The summed E-state index contributed by atoms with van der Waals surface area (Å²) in [6.07, 6.45) is 0. The molecule has 0 fully saturated rings. The Bertz CT molecular complexity index is 999. The van der Waals surface area contributed by atoms with Crippen molar-refractivity contribution in [2.24, 2.45) is 0 Å². The van der Waals surface area contributed by atoms with Crippen molar-refractivity contribution in [2.75, 3.05) is 0 Å². The summed E-state index contributed by atoms with van der Waals surface area (Å²) in [5, 5.41) is 0. The van der Waals surface area contributed by atoms with E-state index in [0.717, 1.165) is 0 Å². The second-order valence-corrected chi connectivity index (χ2v) is 11.3. The first-order chi connectivity index (χ1) is 14.9. The van der Waals surface area contributed by atoms with Gasteiger partial charge < -0.3 is 0 Å². The number of hydrogen-bond donors (Lipinski definition) is 0. The van der Waals surface area contributed by atoms with E-state index in [1.807, 2.05) is 0 Å². The van der Waals surface area contributed by atoms with Gasteiger partial charge in [0.05, 0.1) is 0 Å². The summed E-state index contributed by atoms with van der Waals surface area (Å²) in [5.41, 5.74) is 5.44. The Morgan fingerprint density at radius 3 is 0.667 bits per heavy atom. The van der Waals surface area contributed by atoms with Crippen LogP contribution in [0.25, 0.3) is 17.9 Å². The second-order valence-electron chi connectivity index (χ2n) is 6.98. The van der Waals surface area contributed by atoms with Crippen LogP contribution in [0.1, 0.15) is 22.3 Å². The third-order valence-electron chi connectivity index (χ3n) is 4.96. The summed E-state index contributed by atoms with van der Waals surface area (Å²) in [4.78, 5) is 0. The predicted octanol–water partition coefficient (Wildman–Crippen LogP) is 6.46. The van der Waals surface area contributed by atoms with E-state index in [2.05, 4.69) is 121 Å². The van der Waals surface area contributed by atoms with E-state index in [1.54, 1.807) is 0 Å². The molecule has 0 amide bonds. The van der Waals surface area contributed by atoms with Crippen LogP contribution in [0.5, 0.6) is 0 Å². The average Bonchev–Trinajstić information content (AvgIpc) is 2.85. The quantitative estimate of drug-likeness (QED) is 0.274. The van der Waals surface area contributed by atoms with E-state index in [0.29, 0.717) is 0 Å². The third kappa shape index (κ3) is 4.01. The molecule has 2 heteroatoms. The van der Waals surface area contributed by atoms with E-state index in [-0.39, 0.29) is 29.9 Å². The van der Waals surface area contributed by atoms with Gasteiger partial charge in [0.15, 0.2) is 0 Å². The second kappa shape index (κ2) is 9.04. The molecule has 1 aliphatic rings. The van der Waals surface area contributed by atoms with Crippen LogP contribution < -0.4 is 0 Å². The monoisotopic (exact) mass is 516 g/mol. The molecular formula is C28H20Se2. The van der Waals surface area contributed by atoms with Crippen molar-refractivity contribution in [3.8, 4) is 0 Å². The van der Waals surface area contributed by atoms with Gasteiger partial charge in [0.1, 0.15) is 0 Å². The Labute approximate surface area is 190 Å². The van der Waals surface area contributed by atoms with E-state index in [1.165, 1.54) is 40.1 Å². The average molecular weight is 514 g/mol. The molecule has 0 nitrogen and oxygen atoms in total. The van der Waals surface area contributed by atoms with Crippen LogP contribution in [0.15, 0.2) is 121 Å². The molecule has 30 heavy (non-hydrogen) atoms. The fourth-order valence-corrected chi connectivity index (χ4v) is 10.1. The molecule has 144 valence electrons.